The Morgan fingerprint density at radius 3 is 2.71 bits per heavy atom. The Labute approximate surface area is 164 Å². The quantitative estimate of drug-likeness (QED) is 0.838. The minimum Gasteiger partial charge on any atom is -0.478 e. The summed E-state index contributed by atoms with van der Waals surface area (Å²) in [6.45, 7) is 6.34. The maximum atomic E-state index is 13.3. The highest BCUT2D eigenvalue weighted by Crippen LogP contribution is 2.40. The van der Waals surface area contributed by atoms with Crippen molar-refractivity contribution in [2.75, 3.05) is 26.7 Å². The summed E-state index contributed by atoms with van der Waals surface area (Å²) in [5.74, 6) is -1.09. The van der Waals surface area contributed by atoms with E-state index in [2.05, 4.69) is 23.7 Å². The molecular weight excluding hydrogens is 354 g/mol. The third-order valence-electron chi connectivity index (χ3n) is 5.99. The normalized spacial score (nSPS) is 22.5. The fraction of sp³-hybridized carbons (Fsp3) is 0.455. The van der Waals surface area contributed by atoms with Gasteiger partial charge in [0.15, 0.2) is 0 Å². The molecular formula is C22H27N3O3. The van der Waals surface area contributed by atoms with Gasteiger partial charge in [-0.2, -0.15) is 0 Å². The number of para-hydroxylation sites is 1. The molecule has 2 aliphatic heterocycles. The first-order chi connectivity index (χ1) is 13.3. The Kier molecular flexibility index (Phi) is 4.54. The van der Waals surface area contributed by atoms with Gasteiger partial charge in [0.2, 0.25) is 5.91 Å². The molecule has 2 aromatic rings. The average molecular weight is 381 g/mol. The maximum Gasteiger partial charge on any atom is 0.339 e. The third kappa shape index (κ3) is 3.11. The van der Waals surface area contributed by atoms with Gasteiger partial charge >= 0.3 is 5.97 Å². The first-order valence-electron chi connectivity index (χ1n) is 9.83. The molecule has 0 saturated carbocycles. The number of aliphatic carboxylic acids is 1. The van der Waals surface area contributed by atoms with Crippen LogP contribution in [0.15, 0.2) is 30.5 Å². The number of aromatic nitrogens is 1. The zero-order valence-electron chi connectivity index (χ0n) is 16.7. The predicted octanol–water partition coefficient (Wildman–Crippen LogP) is 3.06. The summed E-state index contributed by atoms with van der Waals surface area (Å²) >= 11 is 0. The van der Waals surface area contributed by atoms with Gasteiger partial charge in [-0.25, -0.2) is 4.79 Å². The summed E-state index contributed by atoms with van der Waals surface area (Å²) in [4.78, 5) is 32.5. The summed E-state index contributed by atoms with van der Waals surface area (Å²) in [6, 6.07) is 7.87. The van der Waals surface area contributed by atoms with Crippen LogP contribution in [0.25, 0.3) is 16.5 Å². The monoisotopic (exact) mass is 381 g/mol. The van der Waals surface area contributed by atoms with Crippen LogP contribution in [0.4, 0.5) is 0 Å². The second kappa shape index (κ2) is 6.78. The molecule has 1 saturated heterocycles. The van der Waals surface area contributed by atoms with E-state index < -0.39 is 11.4 Å². The van der Waals surface area contributed by atoms with Crippen molar-refractivity contribution < 1.29 is 14.7 Å². The van der Waals surface area contributed by atoms with Crippen LogP contribution < -0.4 is 0 Å². The first-order valence-corrected chi connectivity index (χ1v) is 9.83. The van der Waals surface area contributed by atoms with Crippen molar-refractivity contribution in [3.05, 3.63) is 41.7 Å². The van der Waals surface area contributed by atoms with Gasteiger partial charge in [-0.1, -0.05) is 32.0 Å². The number of carboxylic acids is 1. The van der Waals surface area contributed by atoms with Crippen molar-refractivity contribution in [3.63, 3.8) is 0 Å². The Hall–Kier alpha value is -2.60. The fourth-order valence-electron chi connectivity index (χ4n) is 4.72. The number of nitrogens with zero attached hydrogens (tertiary/aromatic N) is 2. The lowest BCUT2D eigenvalue weighted by atomic mass is 9.81. The first kappa shape index (κ1) is 18.7. The van der Waals surface area contributed by atoms with Gasteiger partial charge in [-0.15, -0.1) is 0 Å². The van der Waals surface area contributed by atoms with E-state index >= 15 is 0 Å². The van der Waals surface area contributed by atoms with Gasteiger partial charge in [0.1, 0.15) is 0 Å². The number of amides is 1. The minimum atomic E-state index is -1.02. The lowest BCUT2D eigenvalue weighted by Gasteiger charge is -2.34. The predicted molar refractivity (Wildman–Crippen MR) is 109 cm³/mol. The Bertz CT molecular complexity index is 973. The summed E-state index contributed by atoms with van der Waals surface area (Å²) in [5.41, 5.74) is 2.25. The highest BCUT2D eigenvalue weighted by Gasteiger charge is 2.38. The number of fused-ring (bicyclic) bond motifs is 3. The van der Waals surface area contributed by atoms with Crippen LogP contribution in [0.2, 0.25) is 0 Å². The minimum absolute atomic E-state index is 0.0211. The van der Waals surface area contributed by atoms with Crippen LogP contribution in [0, 0.1) is 5.92 Å². The Balaban J connectivity index is 1.81. The van der Waals surface area contributed by atoms with E-state index in [1.807, 2.05) is 31.3 Å². The Morgan fingerprint density at radius 1 is 1.25 bits per heavy atom. The zero-order chi connectivity index (χ0) is 20.1. The molecule has 1 unspecified atom stereocenters. The van der Waals surface area contributed by atoms with Gasteiger partial charge in [-0.05, 0) is 38.1 Å². The molecule has 6 heteroatoms. The zero-order valence-corrected chi connectivity index (χ0v) is 16.7. The van der Waals surface area contributed by atoms with Crippen LogP contribution in [0.3, 0.4) is 0 Å². The SMILES string of the molecule is CN1CCCC(C(=O)N2C=C(C(=O)O)c3[nH]c4ccccc4c3C(C)(C)C2)C1. The fourth-order valence-corrected chi connectivity index (χ4v) is 4.72. The number of hydrogen-bond donors (Lipinski definition) is 2. The second-order valence-electron chi connectivity index (χ2n) is 8.72. The van der Waals surface area contributed by atoms with Crippen LogP contribution in [-0.2, 0) is 15.0 Å². The van der Waals surface area contributed by atoms with E-state index in [0.717, 1.165) is 42.4 Å². The summed E-state index contributed by atoms with van der Waals surface area (Å²) in [5, 5.41) is 10.9. The molecule has 1 fully saturated rings. The third-order valence-corrected chi connectivity index (χ3v) is 5.99. The Morgan fingerprint density at radius 2 is 2.00 bits per heavy atom. The van der Waals surface area contributed by atoms with Crippen LogP contribution in [-0.4, -0.2) is 58.4 Å². The topological polar surface area (TPSA) is 76.6 Å². The number of benzene rings is 1. The average Bonchev–Trinajstić information content (AvgIpc) is 2.98. The standard InChI is InChI=1S/C22H27N3O3/c1-22(2)13-25(20(26)14-7-6-10-24(3)11-14)12-16(21(27)28)19-18(22)15-8-4-5-9-17(15)23-19/h4-5,8-9,12,14,23H,6-7,10-11,13H2,1-3H3,(H,27,28). The van der Waals surface area contributed by atoms with Crippen LogP contribution >= 0.6 is 0 Å². The molecule has 4 rings (SSSR count). The van der Waals surface area contributed by atoms with E-state index in [4.69, 9.17) is 0 Å². The number of carbonyl (C=O) groups excluding carboxylic acids is 1. The number of carboxylic acid groups (broad SMARTS) is 1. The largest absolute Gasteiger partial charge is 0.478 e. The molecule has 0 aliphatic carbocycles. The molecule has 3 heterocycles. The van der Waals surface area contributed by atoms with Gasteiger partial charge < -0.3 is 19.9 Å². The van der Waals surface area contributed by atoms with E-state index in [-0.39, 0.29) is 17.4 Å². The summed E-state index contributed by atoms with van der Waals surface area (Å²) in [7, 11) is 2.03. The molecule has 1 aromatic heterocycles. The molecule has 6 nitrogen and oxygen atoms in total. The van der Waals surface area contributed by atoms with E-state index in [1.54, 1.807) is 11.1 Å². The van der Waals surface area contributed by atoms with Gasteiger partial charge in [0.25, 0.3) is 0 Å². The lowest BCUT2D eigenvalue weighted by Crippen LogP contribution is -2.44. The molecule has 28 heavy (non-hydrogen) atoms. The number of hydrogen-bond acceptors (Lipinski definition) is 3. The number of aromatic amines is 1. The molecule has 1 amide bonds. The molecule has 2 N–H and O–H groups in total. The van der Waals surface area contributed by atoms with Gasteiger partial charge in [-0.3, -0.25) is 4.79 Å². The number of rotatable bonds is 2. The van der Waals surface area contributed by atoms with E-state index in [1.165, 1.54) is 0 Å². The van der Waals surface area contributed by atoms with Gasteiger partial charge in [0, 0.05) is 35.6 Å². The number of piperidine rings is 1. The van der Waals surface area contributed by atoms with Gasteiger partial charge in [0.05, 0.1) is 17.2 Å². The molecule has 148 valence electrons. The van der Waals surface area contributed by atoms with E-state index in [9.17, 15) is 14.7 Å². The molecule has 2 aliphatic rings. The molecule has 0 radical (unpaired) electrons. The molecule has 1 atom stereocenters. The van der Waals surface area contributed by atoms with Crippen LogP contribution in [0.1, 0.15) is 37.9 Å². The van der Waals surface area contributed by atoms with Crippen molar-refractivity contribution >= 4 is 28.4 Å². The second-order valence-corrected chi connectivity index (χ2v) is 8.72. The molecule has 0 spiro atoms. The maximum absolute atomic E-state index is 13.3. The molecule has 0 bridgehead atoms. The van der Waals surface area contributed by atoms with Crippen molar-refractivity contribution in [2.45, 2.75) is 32.1 Å². The van der Waals surface area contributed by atoms with Crippen molar-refractivity contribution in [1.29, 1.82) is 0 Å². The molecule has 1 aromatic carbocycles. The van der Waals surface area contributed by atoms with E-state index in [0.29, 0.717) is 12.2 Å². The number of likely N-dealkylation sites (tertiary alicyclic amines) is 1. The number of carbonyl (C=O) groups is 2. The van der Waals surface area contributed by atoms with Crippen molar-refractivity contribution in [3.8, 4) is 0 Å². The lowest BCUT2D eigenvalue weighted by molar-refractivity contribution is -0.135. The smallest absolute Gasteiger partial charge is 0.339 e. The van der Waals surface area contributed by atoms with Crippen molar-refractivity contribution in [1.82, 2.24) is 14.8 Å². The summed E-state index contributed by atoms with van der Waals surface area (Å²) < 4.78 is 0. The highest BCUT2D eigenvalue weighted by molar-refractivity contribution is 6.17. The number of nitrogens with one attached hydrogen (secondary N) is 1. The highest BCUT2D eigenvalue weighted by atomic mass is 16.4. The summed E-state index contributed by atoms with van der Waals surface area (Å²) in [6.07, 6.45) is 3.39. The number of H-pyrrole nitrogens is 1. The van der Waals surface area contributed by atoms with Crippen LogP contribution in [0.5, 0.6) is 0 Å². The van der Waals surface area contributed by atoms with Crippen molar-refractivity contribution in [2.24, 2.45) is 5.92 Å².